The van der Waals surface area contributed by atoms with Crippen LogP contribution in [0.3, 0.4) is 0 Å². The van der Waals surface area contributed by atoms with Crippen molar-refractivity contribution in [2.24, 2.45) is 0 Å². The highest BCUT2D eigenvalue weighted by Crippen LogP contribution is 2.26. The summed E-state index contributed by atoms with van der Waals surface area (Å²) in [4.78, 5) is 0. The molecule has 0 fully saturated rings. The van der Waals surface area contributed by atoms with Crippen molar-refractivity contribution < 1.29 is 14.9 Å². The van der Waals surface area contributed by atoms with Crippen LogP contribution in [0.4, 0.5) is 0 Å². The molecule has 0 spiro atoms. The number of benzene rings is 1. The molecule has 0 saturated heterocycles. The number of aliphatic hydroxyl groups excluding tert-OH is 2. The maximum atomic E-state index is 9.79. The predicted molar refractivity (Wildman–Crippen MR) is 63.5 cm³/mol. The molecule has 0 radical (unpaired) electrons. The number of para-hydroxylation sites is 1. The van der Waals surface area contributed by atoms with E-state index >= 15 is 0 Å². The minimum absolute atomic E-state index is 0.358. The topological polar surface area (TPSA) is 49.7 Å². The molecule has 2 unspecified atom stereocenters. The number of hydrogen-bond acceptors (Lipinski definition) is 3. The Balaban J connectivity index is 2.64. The highest BCUT2D eigenvalue weighted by atomic mass is 16.5. The van der Waals surface area contributed by atoms with Gasteiger partial charge in [0.05, 0.1) is 18.8 Å². The van der Waals surface area contributed by atoms with Gasteiger partial charge >= 0.3 is 0 Å². The van der Waals surface area contributed by atoms with Crippen LogP contribution >= 0.6 is 0 Å². The lowest BCUT2D eigenvalue weighted by atomic mass is 10.1. The average Bonchev–Trinajstić information content (AvgIpc) is 2.28. The van der Waals surface area contributed by atoms with Crippen LogP contribution in [0.2, 0.25) is 0 Å². The van der Waals surface area contributed by atoms with E-state index in [2.05, 4.69) is 0 Å². The van der Waals surface area contributed by atoms with Gasteiger partial charge in [0.1, 0.15) is 5.75 Å². The molecule has 2 atom stereocenters. The van der Waals surface area contributed by atoms with Crippen LogP contribution in [0.5, 0.6) is 5.75 Å². The summed E-state index contributed by atoms with van der Waals surface area (Å²) in [5.41, 5.74) is 0.815. The summed E-state index contributed by atoms with van der Waals surface area (Å²) in [5, 5.41) is 18.9. The molecule has 0 heterocycles. The second kappa shape index (κ2) is 6.51. The van der Waals surface area contributed by atoms with Gasteiger partial charge in [-0.2, -0.15) is 0 Å². The molecule has 2 N–H and O–H groups in total. The molecule has 0 aliphatic rings. The van der Waals surface area contributed by atoms with Crippen molar-refractivity contribution in [3.8, 4) is 5.75 Å². The first kappa shape index (κ1) is 13.0. The quantitative estimate of drug-likeness (QED) is 0.779. The molecule has 0 amide bonds. The summed E-state index contributed by atoms with van der Waals surface area (Å²) in [7, 11) is 0. The molecule has 1 aromatic carbocycles. The Morgan fingerprint density at radius 1 is 1.25 bits per heavy atom. The third kappa shape index (κ3) is 3.83. The lowest BCUT2D eigenvalue weighted by Gasteiger charge is -2.15. The van der Waals surface area contributed by atoms with Crippen LogP contribution in [0.1, 0.15) is 38.4 Å². The Labute approximate surface area is 96.7 Å². The first-order chi connectivity index (χ1) is 7.65. The number of aliphatic hydroxyl groups is 2. The fourth-order valence-corrected chi connectivity index (χ4v) is 1.45. The molecule has 0 aromatic heterocycles. The summed E-state index contributed by atoms with van der Waals surface area (Å²) in [6.45, 7) is 4.12. The molecule has 90 valence electrons. The van der Waals surface area contributed by atoms with E-state index in [4.69, 9.17) is 9.84 Å². The molecule has 3 nitrogen and oxygen atoms in total. The van der Waals surface area contributed by atoms with Gasteiger partial charge in [-0.15, -0.1) is 0 Å². The van der Waals surface area contributed by atoms with E-state index < -0.39 is 6.10 Å². The second-order valence-corrected chi connectivity index (χ2v) is 3.95. The first-order valence-electron chi connectivity index (χ1n) is 5.73. The summed E-state index contributed by atoms with van der Waals surface area (Å²) in [5.74, 6) is 0.706. The Kier molecular flexibility index (Phi) is 5.29. The molecular formula is C13H20O3. The number of hydrogen-bond donors (Lipinski definition) is 2. The molecule has 0 saturated carbocycles. The molecule has 0 aliphatic heterocycles. The highest BCUT2D eigenvalue weighted by molar-refractivity contribution is 5.34. The van der Waals surface area contributed by atoms with E-state index in [1.165, 1.54) is 0 Å². The third-order valence-corrected chi connectivity index (χ3v) is 2.46. The van der Waals surface area contributed by atoms with Crippen molar-refractivity contribution in [3.63, 3.8) is 0 Å². The Morgan fingerprint density at radius 3 is 2.56 bits per heavy atom. The van der Waals surface area contributed by atoms with Gasteiger partial charge in [-0.05, 0) is 19.4 Å². The number of ether oxygens (including phenoxy) is 1. The maximum Gasteiger partial charge on any atom is 0.125 e. The summed E-state index contributed by atoms with van der Waals surface area (Å²) >= 11 is 0. The van der Waals surface area contributed by atoms with Gasteiger partial charge in [0, 0.05) is 12.0 Å². The van der Waals surface area contributed by atoms with Gasteiger partial charge in [0.25, 0.3) is 0 Å². The standard InChI is InChI=1S/C13H20O3/c1-3-12(15)11-6-4-5-7-13(11)16-9-8-10(2)14/h4-7,10,12,14-15H,3,8-9H2,1-2H3. The van der Waals surface area contributed by atoms with Crippen molar-refractivity contribution in [1.29, 1.82) is 0 Å². The fourth-order valence-electron chi connectivity index (χ4n) is 1.45. The Bertz CT molecular complexity index is 310. The van der Waals surface area contributed by atoms with Gasteiger partial charge in [0.15, 0.2) is 0 Å². The largest absolute Gasteiger partial charge is 0.493 e. The van der Waals surface area contributed by atoms with E-state index in [1.807, 2.05) is 31.2 Å². The van der Waals surface area contributed by atoms with Crippen molar-refractivity contribution in [2.45, 2.75) is 38.9 Å². The van der Waals surface area contributed by atoms with E-state index in [-0.39, 0.29) is 6.10 Å². The lowest BCUT2D eigenvalue weighted by molar-refractivity contribution is 0.147. The van der Waals surface area contributed by atoms with E-state index in [0.717, 1.165) is 5.56 Å². The van der Waals surface area contributed by atoms with Crippen LogP contribution in [0.25, 0.3) is 0 Å². The minimum atomic E-state index is -0.484. The average molecular weight is 224 g/mol. The summed E-state index contributed by atoms with van der Waals surface area (Å²) in [6, 6.07) is 7.47. The zero-order valence-electron chi connectivity index (χ0n) is 9.89. The van der Waals surface area contributed by atoms with Gasteiger partial charge in [-0.1, -0.05) is 25.1 Å². The van der Waals surface area contributed by atoms with Gasteiger partial charge < -0.3 is 14.9 Å². The molecule has 0 aliphatic carbocycles. The highest BCUT2D eigenvalue weighted by Gasteiger charge is 2.10. The monoisotopic (exact) mass is 224 g/mol. The normalized spacial score (nSPS) is 14.5. The first-order valence-corrected chi connectivity index (χ1v) is 5.73. The van der Waals surface area contributed by atoms with Gasteiger partial charge in [0.2, 0.25) is 0 Å². The van der Waals surface area contributed by atoms with Crippen molar-refractivity contribution in [3.05, 3.63) is 29.8 Å². The summed E-state index contributed by atoms with van der Waals surface area (Å²) in [6.07, 6.45) is 0.416. The Morgan fingerprint density at radius 2 is 1.94 bits per heavy atom. The maximum absolute atomic E-state index is 9.79. The van der Waals surface area contributed by atoms with Crippen LogP contribution in [0.15, 0.2) is 24.3 Å². The van der Waals surface area contributed by atoms with Crippen LogP contribution in [0, 0.1) is 0 Å². The molecule has 3 heteroatoms. The van der Waals surface area contributed by atoms with Crippen LogP contribution in [-0.2, 0) is 0 Å². The van der Waals surface area contributed by atoms with Crippen molar-refractivity contribution in [1.82, 2.24) is 0 Å². The van der Waals surface area contributed by atoms with Crippen LogP contribution < -0.4 is 4.74 Å². The van der Waals surface area contributed by atoms with Crippen molar-refractivity contribution in [2.75, 3.05) is 6.61 Å². The molecule has 1 aromatic rings. The molecule has 1 rings (SSSR count). The van der Waals surface area contributed by atoms with Gasteiger partial charge in [-0.3, -0.25) is 0 Å². The SMILES string of the molecule is CCC(O)c1ccccc1OCCC(C)O. The zero-order chi connectivity index (χ0) is 12.0. The van der Waals surface area contributed by atoms with Gasteiger partial charge in [-0.25, -0.2) is 0 Å². The molecule has 0 bridgehead atoms. The smallest absolute Gasteiger partial charge is 0.125 e. The lowest BCUT2D eigenvalue weighted by Crippen LogP contribution is -2.09. The predicted octanol–water partition coefficient (Wildman–Crippen LogP) is 2.28. The minimum Gasteiger partial charge on any atom is -0.493 e. The third-order valence-electron chi connectivity index (χ3n) is 2.46. The Hall–Kier alpha value is -1.06. The van der Waals surface area contributed by atoms with E-state index in [0.29, 0.717) is 25.2 Å². The van der Waals surface area contributed by atoms with Crippen molar-refractivity contribution >= 4 is 0 Å². The molecular weight excluding hydrogens is 204 g/mol. The second-order valence-electron chi connectivity index (χ2n) is 3.95. The molecule has 16 heavy (non-hydrogen) atoms. The zero-order valence-corrected chi connectivity index (χ0v) is 9.89. The van der Waals surface area contributed by atoms with E-state index in [1.54, 1.807) is 6.92 Å². The summed E-state index contributed by atoms with van der Waals surface area (Å²) < 4.78 is 5.55. The van der Waals surface area contributed by atoms with E-state index in [9.17, 15) is 5.11 Å². The van der Waals surface area contributed by atoms with Crippen LogP contribution in [-0.4, -0.2) is 22.9 Å². The fraction of sp³-hybridized carbons (Fsp3) is 0.538. The number of rotatable bonds is 6.